The van der Waals surface area contributed by atoms with Crippen LogP contribution in [0.15, 0.2) is 23.3 Å². The van der Waals surface area contributed by atoms with E-state index in [1.165, 1.54) is 22.0 Å². The summed E-state index contributed by atoms with van der Waals surface area (Å²) in [5.41, 5.74) is -0.116. The van der Waals surface area contributed by atoms with Crippen molar-refractivity contribution in [2.45, 2.75) is 67.9 Å². The number of nitrogens with zero attached hydrogens (tertiary/aromatic N) is 2. The van der Waals surface area contributed by atoms with Gasteiger partial charge in [0.25, 0.3) is 23.6 Å². The molecule has 2 aliphatic heterocycles. The van der Waals surface area contributed by atoms with Crippen molar-refractivity contribution in [1.82, 2.24) is 15.1 Å². The Morgan fingerprint density at radius 2 is 1.06 bits per heavy atom. The molecule has 0 saturated heterocycles. The highest BCUT2D eigenvalue weighted by molar-refractivity contribution is 6.17. The van der Waals surface area contributed by atoms with Crippen molar-refractivity contribution in [2.24, 2.45) is 16.7 Å². The smallest absolute Gasteiger partial charge is 0.257 e. The molecule has 172 valence electrons. The maximum Gasteiger partial charge on any atom is 0.257 e. The molecule has 0 saturated carbocycles. The first-order valence-corrected chi connectivity index (χ1v) is 10.8. The van der Waals surface area contributed by atoms with Crippen LogP contribution in [0.2, 0.25) is 0 Å². The van der Waals surface area contributed by atoms with Crippen LogP contribution in [0.5, 0.6) is 0 Å². The molecule has 0 fully saturated rings. The zero-order chi connectivity index (χ0) is 23.9. The summed E-state index contributed by atoms with van der Waals surface area (Å²) in [7, 11) is 0. The summed E-state index contributed by atoms with van der Waals surface area (Å²) in [6, 6.07) is 0. The number of carbonyl (C=O) groups is 4. The SMILES string of the molecule is CC(C)(C)NCC(CN1C(=O)C=C(C(C)(C)C)C1=O)CN1C(=O)C=C(C(C)(C)C)C1=O. The zero-order valence-corrected chi connectivity index (χ0v) is 20.4. The molecule has 0 aromatic carbocycles. The van der Waals surface area contributed by atoms with E-state index >= 15 is 0 Å². The van der Waals surface area contributed by atoms with Crippen LogP contribution >= 0.6 is 0 Å². The van der Waals surface area contributed by atoms with Crippen molar-refractivity contribution >= 4 is 23.6 Å². The molecular formula is C24H37N3O4. The first-order chi connectivity index (χ1) is 13.9. The first-order valence-electron chi connectivity index (χ1n) is 10.8. The fourth-order valence-corrected chi connectivity index (χ4v) is 3.59. The van der Waals surface area contributed by atoms with E-state index in [0.29, 0.717) is 17.7 Å². The summed E-state index contributed by atoms with van der Waals surface area (Å²) >= 11 is 0. The minimum atomic E-state index is -0.437. The van der Waals surface area contributed by atoms with E-state index in [9.17, 15) is 19.2 Å². The molecule has 0 unspecified atom stereocenters. The zero-order valence-electron chi connectivity index (χ0n) is 20.4. The Kier molecular flexibility index (Phi) is 6.72. The van der Waals surface area contributed by atoms with Gasteiger partial charge in [0.2, 0.25) is 0 Å². The van der Waals surface area contributed by atoms with Gasteiger partial charge in [0.15, 0.2) is 0 Å². The summed E-state index contributed by atoms with van der Waals surface area (Å²) in [6.45, 7) is 18.1. The molecular weight excluding hydrogens is 394 g/mol. The molecule has 2 aliphatic rings. The Balaban J connectivity index is 2.22. The third-order valence-corrected chi connectivity index (χ3v) is 5.44. The van der Waals surface area contributed by atoms with Gasteiger partial charge in [0.1, 0.15) is 0 Å². The molecule has 0 radical (unpaired) electrons. The van der Waals surface area contributed by atoms with Gasteiger partial charge in [-0.15, -0.1) is 0 Å². The van der Waals surface area contributed by atoms with Crippen molar-refractivity contribution < 1.29 is 19.2 Å². The van der Waals surface area contributed by atoms with Crippen LogP contribution in [0.4, 0.5) is 0 Å². The van der Waals surface area contributed by atoms with Gasteiger partial charge in [-0.2, -0.15) is 0 Å². The van der Waals surface area contributed by atoms with E-state index in [4.69, 9.17) is 0 Å². The Hall–Kier alpha value is -2.28. The number of rotatable bonds is 6. The third kappa shape index (κ3) is 5.91. The van der Waals surface area contributed by atoms with Crippen molar-refractivity contribution in [3.8, 4) is 0 Å². The maximum absolute atomic E-state index is 12.9. The lowest BCUT2D eigenvalue weighted by Gasteiger charge is -2.31. The number of amides is 4. The lowest BCUT2D eigenvalue weighted by Crippen LogP contribution is -2.48. The van der Waals surface area contributed by atoms with Crippen molar-refractivity contribution in [3.63, 3.8) is 0 Å². The summed E-state index contributed by atoms with van der Waals surface area (Å²) in [6.07, 6.45) is 2.81. The fraction of sp³-hybridized carbons (Fsp3) is 0.667. The molecule has 0 atom stereocenters. The predicted molar refractivity (Wildman–Crippen MR) is 120 cm³/mol. The molecule has 31 heavy (non-hydrogen) atoms. The lowest BCUT2D eigenvalue weighted by atomic mass is 9.86. The van der Waals surface area contributed by atoms with Crippen LogP contribution in [0.3, 0.4) is 0 Å². The molecule has 7 nitrogen and oxygen atoms in total. The van der Waals surface area contributed by atoms with E-state index in [2.05, 4.69) is 5.32 Å². The Bertz CT molecular complexity index is 786. The van der Waals surface area contributed by atoms with Crippen LogP contribution in [-0.2, 0) is 19.2 Å². The Morgan fingerprint density at radius 3 is 1.32 bits per heavy atom. The van der Waals surface area contributed by atoms with Gasteiger partial charge in [-0.05, 0) is 31.6 Å². The van der Waals surface area contributed by atoms with Gasteiger partial charge in [0.05, 0.1) is 0 Å². The molecule has 0 aromatic heterocycles. The van der Waals surface area contributed by atoms with Crippen LogP contribution in [-0.4, -0.2) is 58.6 Å². The summed E-state index contributed by atoms with van der Waals surface area (Å²) in [5.74, 6) is -1.58. The van der Waals surface area contributed by atoms with Gasteiger partial charge in [-0.1, -0.05) is 41.5 Å². The molecule has 2 rings (SSSR count). The molecule has 0 bridgehead atoms. The lowest BCUT2D eigenvalue weighted by molar-refractivity contribution is -0.139. The fourth-order valence-electron chi connectivity index (χ4n) is 3.59. The van der Waals surface area contributed by atoms with E-state index in [1.54, 1.807) is 0 Å². The number of nitrogens with one attached hydrogen (secondary N) is 1. The van der Waals surface area contributed by atoms with Gasteiger partial charge in [-0.25, -0.2) is 0 Å². The van der Waals surface area contributed by atoms with E-state index in [0.717, 1.165) is 0 Å². The van der Waals surface area contributed by atoms with E-state index in [-0.39, 0.29) is 48.2 Å². The monoisotopic (exact) mass is 431 g/mol. The minimum Gasteiger partial charge on any atom is -0.312 e. The van der Waals surface area contributed by atoms with E-state index in [1.807, 2.05) is 62.3 Å². The van der Waals surface area contributed by atoms with Crippen molar-refractivity contribution in [3.05, 3.63) is 23.3 Å². The minimum absolute atomic E-state index is 0.138. The number of hydrogen-bond donors (Lipinski definition) is 1. The van der Waals surface area contributed by atoms with Crippen LogP contribution in [0, 0.1) is 16.7 Å². The Morgan fingerprint density at radius 1 is 0.710 bits per heavy atom. The normalized spacial score (nSPS) is 18.5. The second-order valence-corrected chi connectivity index (χ2v) is 11.6. The topological polar surface area (TPSA) is 86.8 Å². The molecule has 0 aromatic rings. The third-order valence-electron chi connectivity index (χ3n) is 5.44. The van der Waals surface area contributed by atoms with Gasteiger partial charge in [0, 0.05) is 54.4 Å². The highest BCUT2D eigenvalue weighted by atomic mass is 16.2. The van der Waals surface area contributed by atoms with Gasteiger partial charge >= 0.3 is 0 Å². The molecule has 0 aliphatic carbocycles. The average Bonchev–Trinajstić information content (AvgIpc) is 3.02. The Labute approximate surface area is 185 Å². The second-order valence-electron chi connectivity index (χ2n) is 11.6. The highest BCUT2D eigenvalue weighted by Crippen LogP contribution is 2.33. The highest BCUT2D eigenvalue weighted by Gasteiger charge is 2.41. The van der Waals surface area contributed by atoms with Crippen LogP contribution in [0.25, 0.3) is 0 Å². The van der Waals surface area contributed by atoms with E-state index < -0.39 is 10.8 Å². The molecule has 7 heteroatoms. The number of imide groups is 2. The number of carbonyl (C=O) groups excluding carboxylic acids is 4. The summed E-state index contributed by atoms with van der Waals surface area (Å²) in [4.78, 5) is 53.4. The van der Waals surface area contributed by atoms with Crippen molar-refractivity contribution in [1.29, 1.82) is 0 Å². The number of hydrogen-bond acceptors (Lipinski definition) is 5. The van der Waals surface area contributed by atoms with Crippen LogP contribution in [0.1, 0.15) is 62.3 Å². The average molecular weight is 432 g/mol. The molecule has 4 amide bonds. The molecule has 0 spiro atoms. The summed E-state index contributed by atoms with van der Waals surface area (Å²) in [5, 5.41) is 3.38. The summed E-state index contributed by atoms with van der Waals surface area (Å²) < 4.78 is 0. The molecule has 1 N–H and O–H groups in total. The standard InChI is InChI=1S/C24H37N3O4/c1-22(2,3)16-10-18(28)26(20(16)30)13-15(12-25-24(7,8)9)14-27-19(29)11-17(21(27)31)23(4,5)6/h10-11,15,25H,12-14H2,1-9H3. The first kappa shape index (κ1) is 25.0. The van der Waals surface area contributed by atoms with Gasteiger partial charge in [-0.3, -0.25) is 29.0 Å². The quantitative estimate of drug-likeness (QED) is 0.654. The van der Waals surface area contributed by atoms with Crippen molar-refractivity contribution in [2.75, 3.05) is 19.6 Å². The second kappa shape index (κ2) is 8.34. The maximum atomic E-state index is 12.9. The van der Waals surface area contributed by atoms with Gasteiger partial charge < -0.3 is 5.32 Å². The largest absolute Gasteiger partial charge is 0.312 e. The molecule has 2 heterocycles. The van der Waals surface area contributed by atoms with Crippen LogP contribution < -0.4 is 5.32 Å². The predicted octanol–water partition coefficient (Wildman–Crippen LogP) is 2.67.